The van der Waals surface area contributed by atoms with Gasteiger partial charge in [-0.1, -0.05) is 19.1 Å². The number of nitrogens with zero attached hydrogens (tertiary/aromatic N) is 2. The van der Waals surface area contributed by atoms with Crippen molar-refractivity contribution in [3.8, 4) is 11.4 Å². The molecule has 1 aliphatic heterocycles. The van der Waals surface area contributed by atoms with E-state index in [1.165, 1.54) is 12.2 Å². The maximum Gasteiger partial charge on any atom is 0.183 e. The summed E-state index contributed by atoms with van der Waals surface area (Å²) >= 11 is 2.03. The van der Waals surface area contributed by atoms with Crippen LogP contribution in [-0.4, -0.2) is 32.2 Å². The van der Waals surface area contributed by atoms with Crippen LogP contribution in [0, 0.1) is 6.92 Å². The SMILES string of the molecule is Cc1nc(-c2ccccc2NC2CCSC2C)n[nH]1. The Labute approximate surface area is 117 Å². The van der Waals surface area contributed by atoms with Gasteiger partial charge in [0, 0.05) is 22.5 Å². The lowest BCUT2D eigenvalue weighted by atomic mass is 10.1. The zero-order chi connectivity index (χ0) is 13.2. The van der Waals surface area contributed by atoms with Crippen molar-refractivity contribution in [1.29, 1.82) is 0 Å². The Hall–Kier alpha value is -1.49. The zero-order valence-electron chi connectivity index (χ0n) is 11.2. The largest absolute Gasteiger partial charge is 0.381 e. The van der Waals surface area contributed by atoms with Crippen LogP contribution in [-0.2, 0) is 0 Å². The highest BCUT2D eigenvalue weighted by molar-refractivity contribution is 8.00. The van der Waals surface area contributed by atoms with E-state index >= 15 is 0 Å². The number of anilines is 1. The minimum absolute atomic E-state index is 0.534. The molecule has 1 aromatic heterocycles. The maximum absolute atomic E-state index is 4.42. The molecule has 0 saturated carbocycles. The Morgan fingerprint density at radius 1 is 1.37 bits per heavy atom. The first-order valence-corrected chi connectivity index (χ1v) is 7.65. The molecule has 5 heteroatoms. The van der Waals surface area contributed by atoms with Crippen molar-refractivity contribution in [2.45, 2.75) is 31.6 Å². The van der Waals surface area contributed by atoms with E-state index in [2.05, 4.69) is 45.6 Å². The molecule has 2 unspecified atom stereocenters. The van der Waals surface area contributed by atoms with E-state index in [9.17, 15) is 0 Å². The average molecular weight is 274 g/mol. The summed E-state index contributed by atoms with van der Waals surface area (Å²) in [6.07, 6.45) is 1.22. The molecule has 1 saturated heterocycles. The summed E-state index contributed by atoms with van der Waals surface area (Å²) in [5.41, 5.74) is 2.19. The predicted molar refractivity (Wildman–Crippen MR) is 80.5 cm³/mol. The Balaban J connectivity index is 1.89. The van der Waals surface area contributed by atoms with Gasteiger partial charge < -0.3 is 5.32 Å². The number of hydrogen-bond donors (Lipinski definition) is 2. The van der Waals surface area contributed by atoms with Crippen molar-refractivity contribution in [1.82, 2.24) is 15.2 Å². The number of H-pyrrole nitrogens is 1. The van der Waals surface area contributed by atoms with Crippen molar-refractivity contribution in [3.63, 3.8) is 0 Å². The third-order valence-corrected chi connectivity index (χ3v) is 4.81. The molecular weight excluding hydrogens is 256 g/mol. The standard InChI is InChI=1S/C14H18N4S/c1-9-12(7-8-19-9)16-13-6-4-3-5-11(13)14-15-10(2)17-18-14/h3-6,9,12,16H,7-8H2,1-2H3,(H,15,17,18). The van der Waals surface area contributed by atoms with Gasteiger partial charge >= 0.3 is 0 Å². The molecule has 1 aromatic carbocycles. The van der Waals surface area contributed by atoms with Gasteiger partial charge in [0.2, 0.25) is 0 Å². The molecule has 3 rings (SSSR count). The van der Waals surface area contributed by atoms with Crippen molar-refractivity contribution < 1.29 is 0 Å². The molecule has 1 aliphatic rings. The Kier molecular flexibility index (Phi) is 3.46. The van der Waals surface area contributed by atoms with E-state index in [1.807, 2.05) is 24.8 Å². The first kappa shape index (κ1) is 12.5. The van der Waals surface area contributed by atoms with E-state index in [-0.39, 0.29) is 0 Å². The minimum Gasteiger partial charge on any atom is -0.381 e. The van der Waals surface area contributed by atoms with Gasteiger partial charge in [0.05, 0.1) is 0 Å². The second-order valence-electron chi connectivity index (χ2n) is 4.91. The molecule has 2 N–H and O–H groups in total. The molecule has 2 aromatic rings. The molecule has 1 fully saturated rings. The fraction of sp³-hybridized carbons (Fsp3) is 0.429. The van der Waals surface area contributed by atoms with Gasteiger partial charge in [0.1, 0.15) is 5.82 Å². The molecule has 100 valence electrons. The number of para-hydroxylation sites is 1. The summed E-state index contributed by atoms with van der Waals surface area (Å²) in [5.74, 6) is 2.84. The predicted octanol–water partition coefficient (Wildman–Crippen LogP) is 3.09. The second kappa shape index (κ2) is 5.25. The number of aryl methyl sites for hydroxylation is 1. The van der Waals surface area contributed by atoms with Crippen molar-refractivity contribution in [3.05, 3.63) is 30.1 Å². The highest BCUT2D eigenvalue weighted by Crippen LogP contribution is 2.32. The van der Waals surface area contributed by atoms with Crippen LogP contribution in [0.15, 0.2) is 24.3 Å². The number of thioether (sulfide) groups is 1. The van der Waals surface area contributed by atoms with E-state index in [1.54, 1.807) is 0 Å². The molecule has 19 heavy (non-hydrogen) atoms. The number of aromatic amines is 1. The quantitative estimate of drug-likeness (QED) is 0.903. The molecule has 0 radical (unpaired) electrons. The fourth-order valence-corrected chi connectivity index (χ4v) is 3.59. The smallest absolute Gasteiger partial charge is 0.183 e. The van der Waals surface area contributed by atoms with Gasteiger partial charge in [-0.15, -0.1) is 0 Å². The third-order valence-electron chi connectivity index (χ3n) is 3.48. The molecule has 2 atom stereocenters. The van der Waals surface area contributed by atoms with Gasteiger partial charge in [0.25, 0.3) is 0 Å². The van der Waals surface area contributed by atoms with Crippen LogP contribution < -0.4 is 5.32 Å². The van der Waals surface area contributed by atoms with E-state index in [4.69, 9.17) is 0 Å². The van der Waals surface area contributed by atoms with Gasteiger partial charge in [-0.2, -0.15) is 16.9 Å². The summed E-state index contributed by atoms with van der Waals surface area (Å²) in [5, 5.41) is 11.5. The summed E-state index contributed by atoms with van der Waals surface area (Å²) in [4.78, 5) is 4.42. The number of nitrogens with one attached hydrogen (secondary N) is 2. The number of benzene rings is 1. The summed E-state index contributed by atoms with van der Waals surface area (Å²) < 4.78 is 0. The van der Waals surface area contributed by atoms with Crippen molar-refractivity contribution in [2.24, 2.45) is 0 Å². The van der Waals surface area contributed by atoms with E-state index in [0.29, 0.717) is 11.3 Å². The average Bonchev–Trinajstić information content (AvgIpc) is 3.00. The molecule has 4 nitrogen and oxygen atoms in total. The first-order valence-electron chi connectivity index (χ1n) is 6.60. The van der Waals surface area contributed by atoms with E-state index in [0.717, 1.165) is 22.9 Å². The van der Waals surface area contributed by atoms with E-state index < -0.39 is 0 Å². The summed E-state index contributed by atoms with van der Waals surface area (Å²) in [6, 6.07) is 8.79. The van der Waals surface area contributed by atoms with Gasteiger partial charge in [-0.05, 0) is 31.2 Å². The lowest BCUT2D eigenvalue weighted by molar-refractivity contribution is 0.724. The number of aromatic nitrogens is 3. The maximum atomic E-state index is 4.42. The van der Waals surface area contributed by atoms with Crippen molar-refractivity contribution in [2.75, 3.05) is 11.1 Å². The lowest BCUT2D eigenvalue weighted by Crippen LogP contribution is -2.25. The molecule has 0 spiro atoms. The zero-order valence-corrected chi connectivity index (χ0v) is 12.0. The molecule has 0 amide bonds. The fourth-order valence-electron chi connectivity index (χ4n) is 2.39. The highest BCUT2D eigenvalue weighted by atomic mass is 32.2. The van der Waals surface area contributed by atoms with Gasteiger partial charge in [0.15, 0.2) is 5.82 Å². The minimum atomic E-state index is 0.534. The monoisotopic (exact) mass is 274 g/mol. The van der Waals surface area contributed by atoms with Crippen LogP contribution in [0.3, 0.4) is 0 Å². The second-order valence-corrected chi connectivity index (χ2v) is 6.39. The van der Waals surface area contributed by atoms with Crippen LogP contribution in [0.1, 0.15) is 19.2 Å². The Morgan fingerprint density at radius 2 is 2.21 bits per heavy atom. The molecular formula is C14H18N4S. The van der Waals surface area contributed by atoms with Gasteiger partial charge in [-0.25, -0.2) is 4.98 Å². The van der Waals surface area contributed by atoms with Crippen LogP contribution in [0.4, 0.5) is 5.69 Å². The highest BCUT2D eigenvalue weighted by Gasteiger charge is 2.24. The summed E-state index contributed by atoms with van der Waals surface area (Å²) in [7, 11) is 0. The van der Waals surface area contributed by atoms with Crippen LogP contribution in [0.25, 0.3) is 11.4 Å². The molecule has 0 bridgehead atoms. The normalized spacial score (nSPS) is 22.6. The van der Waals surface area contributed by atoms with Crippen LogP contribution >= 0.6 is 11.8 Å². The lowest BCUT2D eigenvalue weighted by Gasteiger charge is -2.19. The van der Waals surface area contributed by atoms with Crippen LogP contribution in [0.2, 0.25) is 0 Å². The molecule has 0 aliphatic carbocycles. The van der Waals surface area contributed by atoms with Gasteiger partial charge in [-0.3, -0.25) is 5.10 Å². The van der Waals surface area contributed by atoms with Crippen LogP contribution in [0.5, 0.6) is 0 Å². The Bertz CT molecular complexity index is 566. The topological polar surface area (TPSA) is 53.6 Å². The Morgan fingerprint density at radius 3 is 2.89 bits per heavy atom. The first-order chi connectivity index (χ1) is 9.24. The molecule has 2 heterocycles. The third kappa shape index (κ3) is 2.61. The summed E-state index contributed by atoms with van der Waals surface area (Å²) in [6.45, 7) is 4.21. The number of hydrogen-bond acceptors (Lipinski definition) is 4. The van der Waals surface area contributed by atoms with Crippen molar-refractivity contribution >= 4 is 17.4 Å². The number of rotatable bonds is 3.